The van der Waals surface area contributed by atoms with Crippen molar-refractivity contribution in [3.63, 3.8) is 0 Å². The van der Waals surface area contributed by atoms with Crippen LogP contribution in [0.4, 0.5) is 4.39 Å². The van der Waals surface area contributed by atoms with Crippen molar-refractivity contribution in [1.29, 1.82) is 0 Å². The van der Waals surface area contributed by atoms with Crippen LogP contribution in [-0.4, -0.2) is 53.5 Å². The lowest BCUT2D eigenvalue weighted by Crippen LogP contribution is -2.61. The Morgan fingerprint density at radius 1 is 0.862 bits per heavy atom. The standard InChI is InChI=1S/C22H45FO4Si2/c1-20(2,3)28(9,10)26-16-13-15(14-23)17-19(25-22(7,8)24-17)18(16)27-29(11,12)21(4,5)6/h15-19H,13-14H2,1-12H3/t15?,16-,17+,18+,19+/m0/s1. The average molecular weight is 449 g/mol. The first-order valence-electron chi connectivity index (χ1n) is 11.1. The van der Waals surface area contributed by atoms with Gasteiger partial charge in [-0.2, -0.15) is 0 Å². The molecular weight excluding hydrogens is 403 g/mol. The molecule has 172 valence electrons. The molecule has 2 rings (SSSR count). The predicted molar refractivity (Wildman–Crippen MR) is 122 cm³/mol. The van der Waals surface area contributed by atoms with Gasteiger partial charge in [0.2, 0.25) is 0 Å². The Bertz CT molecular complexity index is 580. The van der Waals surface area contributed by atoms with Gasteiger partial charge in [-0.1, -0.05) is 41.5 Å². The molecule has 7 heteroatoms. The van der Waals surface area contributed by atoms with Gasteiger partial charge in [-0.15, -0.1) is 0 Å². The molecule has 5 atom stereocenters. The maximum absolute atomic E-state index is 14.1. The molecule has 1 heterocycles. The molecule has 4 nitrogen and oxygen atoms in total. The molecular formula is C22H45FO4Si2. The highest BCUT2D eigenvalue weighted by Gasteiger charge is 2.58. The normalized spacial score (nSPS) is 33.6. The topological polar surface area (TPSA) is 36.9 Å². The number of hydrogen-bond donors (Lipinski definition) is 0. The molecule has 0 aromatic rings. The van der Waals surface area contributed by atoms with Gasteiger partial charge in [0, 0.05) is 5.92 Å². The number of rotatable bonds is 5. The largest absolute Gasteiger partial charge is 0.411 e. The zero-order valence-electron chi connectivity index (χ0n) is 20.8. The van der Waals surface area contributed by atoms with Gasteiger partial charge >= 0.3 is 0 Å². The summed E-state index contributed by atoms with van der Waals surface area (Å²) >= 11 is 0. The van der Waals surface area contributed by atoms with E-state index in [-0.39, 0.29) is 40.4 Å². The quantitative estimate of drug-likeness (QED) is 0.464. The van der Waals surface area contributed by atoms with Crippen molar-refractivity contribution in [2.45, 2.75) is 128 Å². The van der Waals surface area contributed by atoms with Crippen molar-refractivity contribution in [3.8, 4) is 0 Å². The van der Waals surface area contributed by atoms with Gasteiger partial charge in [0.1, 0.15) is 6.10 Å². The molecule has 2 fully saturated rings. The molecule has 1 aliphatic heterocycles. The van der Waals surface area contributed by atoms with Gasteiger partial charge in [0.05, 0.1) is 25.0 Å². The van der Waals surface area contributed by atoms with Gasteiger partial charge in [-0.3, -0.25) is 4.39 Å². The fraction of sp³-hybridized carbons (Fsp3) is 1.00. The van der Waals surface area contributed by atoms with Crippen LogP contribution in [-0.2, 0) is 18.3 Å². The molecule has 2 aliphatic rings. The minimum Gasteiger partial charge on any atom is -0.411 e. The summed E-state index contributed by atoms with van der Waals surface area (Å²) in [5, 5.41) is 0.138. The highest BCUT2D eigenvalue weighted by Crippen LogP contribution is 2.47. The van der Waals surface area contributed by atoms with Crippen molar-refractivity contribution in [1.82, 2.24) is 0 Å². The molecule has 0 amide bonds. The highest BCUT2D eigenvalue weighted by molar-refractivity contribution is 6.74. The fourth-order valence-electron chi connectivity index (χ4n) is 3.70. The van der Waals surface area contributed by atoms with E-state index in [0.29, 0.717) is 6.42 Å². The Balaban J connectivity index is 2.42. The molecule has 1 saturated carbocycles. The van der Waals surface area contributed by atoms with Gasteiger partial charge in [0.25, 0.3) is 0 Å². The van der Waals surface area contributed by atoms with Crippen LogP contribution in [0.5, 0.6) is 0 Å². The second-order valence-electron chi connectivity index (χ2n) is 12.5. The highest BCUT2D eigenvalue weighted by atomic mass is 28.4. The van der Waals surface area contributed by atoms with E-state index in [4.69, 9.17) is 18.3 Å². The van der Waals surface area contributed by atoms with Crippen LogP contribution in [0.25, 0.3) is 0 Å². The fourth-order valence-corrected chi connectivity index (χ4v) is 6.36. The summed E-state index contributed by atoms with van der Waals surface area (Å²) in [6.45, 7) is 25.8. The first-order chi connectivity index (χ1) is 12.8. The molecule has 1 unspecified atom stereocenters. The zero-order chi connectivity index (χ0) is 22.6. The second-order valence-corrected chi connectivity index (χ2v) is 22.0. The number of ether oxygens (including phenoxy) is 2. The summed E-state index contributed by atoms with van der Waals surface area (Å²) in [4.78, 5) is 0. The Labute approximate surface area is 180 Å². The van der Waals surface area contributed by atoms with Gasteiger partial charge in [0.15, 0.2) is 22.4 Å². The Kier molecular flexibility index (Phi) is 6.99. The molecule has 0 bridgehead atoms. The Morgan fingerprint density at radius 2 is 1.31 bits per heavy atom. The third-order valence-electron chi connectivity index (χ3n) is 7.54. The smallest absolute Gasteiger partial charge is 0.192 e. The molecule has 0 aromatic heterocycles. The average Bonchev–Trinajstić information content (AvgIpc) is 2.82. The molecule has 0 N–H and O–H groups in total. The molecule has 0 spiro atoms. The third-order valence-corrected chi connectivity index (χ3v) is 16.5. The van der Waals surface area contributed by atoms with E-state index in [0.717, 1.165) is 0 Å². The van der Waals surface area contributed by atoms with Gasteiger partial charge in [-0.05, 0) is 56.5 Å². The van der Waals surface area contributed by atoms with E-state index in [1.807, 2.05) is 13.8 Å². The Hall–Kier alpha value is 0.204. The van der Waals surface area contributed by atoms with Crippen molar-refractivity contribution in [2.75, 3.05) is 6.67 Å². The van der Waals surface area contributed by atoms with Crippen LogP contribution in [0.1, 0.15) is 61.8 Å². The Morgan fingerprint density at radius 3 is 1.76 bits per heavy atom. The van der Waals surface area contributed by atoms with E-state index in [9.17, 15) is 4.39 Å². The van der Waals surface area contributed by atoms with E-state index >= 15 is 0 Å². The summed E-state index contributed by atoms with van der Waals surface area (Å²) in [5.74, 6) is -0.959. The molecule has 1 aliphatic carbocycles. The van der Waals surface area contributed by atoms with Gasteiger partial charge in [-0.25, -0.2) is 0 Å². The third kappa shape index (κ3) is 5.34. The van der Waals surface area contributed by atoms with Crippen molar-refractivity contribution >= 4 is 16.6 Å². The first-order valence-corrected chi connectivity index (χ1v) is 16.9. The van der Waals surface area contributed by atoms with Crippen LogP contribution in [0, 0.1) is 5.92 Å². The van der Waals surface area contributed by atoms with Crippen LogP contribution in [0.2, 0.25) is 36.3 Å². The van der Waals surface area contributed by atoms with Crippen LogP contribution < -0.4 is 0 Å². The van der Waals surface area contributed by atoms with Crippen LogP contribution in [0.15, 0.2) is 0 Å². The second kappa shape index (κ2) is 7.96. The minimum atomic E-state index is -2.09. The molecule has 1 saturated heterocycles. The summed E-state index contributed by atoms with van der Waals surface area (Å²) in [6.07, 6.45) is -0.389. The molecule has 29 heavy (non-hydrogen) atoms. The van der Waals surface area contributed by atoms with Gasteiger partial charge < -0.3 is 18.3 Å². The summed E-state index contributed by atoms with van der Waals surface area (Å²) in [7, 11) is -4.15. The minimum absolute atomic E-state index is 0.0654. The van der Waals surface area contributed by atoms with Crippen LogP contribution in [0.3, 0.4) is 0 Å². The summed E-state index contributed by atoms with van der Waals surface area (Å²) in [5.41, 5.74) is 0. The summed E-state index contributed by atoms with van der Waals surface area (Å²) in [6, 6.07) is 0. The SMILES string of the molecule is CC1(C)O[C@H]2[C@H](O[Si](C)(C)C(C)(C)C)[C@@H](O[Si](C)(C)C(C)(C)C)CC(CF)[C@H]2O1. The van der Waals surface area contributed by atoms with Crippen LogP contribution >= 0.6 is 0 Å². The monoisotopic (exact) mass is 448 g/mol. The number of fused-ring (bicyclic) bond motifs is 1. The van der Waals surface area contributed by atoms with E-state index in [1.165, 1.54) is 0 Å². The van der Waals surface area contributed by atoms with Crippen molar-refractivity contribution < 1.29 is 22.7 Å². The lowest BCUT2D eigenvalue weighted by Gasteiger charge is -2.50. The number of hydrogen-bond acceptors (Lipinski definition) is 4. The lowest BCUT2D eigenvalue weighted by atomic mass is 9.81. The molecule has 0 aromatic carbocycles. The number of halogens is 1. The predicted octanol–water partition coefficient (Wildman–Crippen LogP) is 6.28. The van der Waals surface area contributed by atoms with E-state index < -0.39 is 29.1 Å². The lowest BCUT2D eigenvalue weighted by molar-refractivity contribution is -0.157. The van der Waals surface area contributed by atoms with Crippen molar-refractivity contribution in [2.24, 2.45) is 5.92 Å². The first kappa shape index (κ1) is 25.5. The number of alkyl halides is 1. The van der Waals surface area contributed by atoms with Crippen molar-refractivity contribution in [3.05, 3.63) is 0 Å². The van der Waals surface area contributed by atoms with E-state index in [1.54, 1.807) is 0 Å². The summed E-state index contributed by atoms with van der Waals surface area (Å²) < 4.78 is 40.3. The maximum atomic E-state index is 14.1. The van der Waals surface area contributed by atoms with E-state index in [2.05, 4.69) is 67.7 Å². The zero-order valence-corrected chi connectivity index (χ0v) is 22.8. The maximum Gasteiger partial charge on any atom is 0.192 e. The molecule has 0 radical (unpaired) electrons.